The monoisotopic (exact) mass is 365 g/mol. The largest absolute Gasteiger partial charge is 0.469 e. The van der Waals surface area contributed by atoms with Crippen LogP contribution in [0, 0.1) is 5.92 Å². The summed E-state index contributed by atoms with van der Waals surface area (Å²) in [6.45, 7) is 15.8. The lowest BCUT2D eigenvalue weighted by Crippen LogP contribution is -2.50. The summed E-state index contributed by atoms with van der Waals surface area (Å²) >= 11 is 0. The number of carbonyl (C=O) groups is 1. The number of rotatable bonds is 8. The Balaban J connectivity index is 2.83. The van der Waals surface area contributed by atoms with Gasteiger partial charge >= 0.3 is 5.97 Å². The van der Waals surface area contributed by atoms with Crippen LogP contribution in [0.1, 0.15) is 40.2 Å². The second kappa shape index (κ2) is 8.97. The maximum absolute atomic E-state index is 12.4. The average molecular weight is 366 g/mol. The van der Waals surface area contributed by atoms with Gasteiger partial charge in [0.1, 0.15) is 0 Å². The molecule has 142 valence electrons. The molecule has 0 heterocycles. The van der Waals surface area contributed by atoms with Crippen molar-refractivity contribution in [2.75, 3.05) is 7.11 Å². The highest BCUT2D eigenvalue weighted by Gasteiger charge is 2.42. The van der Waals surface area contributed by atoms with Crippen LogP contribution in [0.25, 0.3) is 0 Å². The van der Waals surface area contributed by atoms with Crippen LogP contribution in [0.2, 0.25) is 18.1 Å². The zero-order valence-corrected chi connectivity index (χ0v) is 18.1. The first-order valence-corrected chi connectivity index (χ1v) is 11.9. The predicted octanol–water partition coefficient (Wildman–Crippen LogP) is 4.36. The van der Waals surface area contributed by atoms with Crippen LogP contribution >= 0.6 is 0 Å². The summed E-state index contributed by atoms with van der Waals surface area (Å²) in [5.74, 6) is -0.567. The molecule has 0 aliphatic heterocycles. The fourth-order valence-corrected chi connectivity index (χ4v) is 4.08. The molecule has 0 unspecified atom stereocenters. The van der Waals surface area contributed by atoms with E-state index in [-0.39, 0.29) is 29.1 Å². The molecular formula is C20H35NO3Si. The third kappa shape index (κ3) is 6.24. The minimum absolute atomic E-state index is 0.0487. The Labute approximate surface area is 154 Å². The van der Waals surface area contributed by atoms with Crippen molar-refractivity contribution in [2.45, 2.75) is 71.4 Å². The Bertz CT molecular complexity index is 540. The molecule has 1 aromatic rings. The van der Waals surface area contributed by atoms with E-state index in [1.165, 1.54) is 12.7 Å². The Hall–Kier alpha value is -1.17. The van der Waals surface area contributed by atoms with E-state index in [2.05, 4.69) is 51.3 Å². The van der Waals surface area contributed by atoms with E-state index in [4.69, 9.17) is 9.16 Å². The highest BCUT2D eigenvalue weighted by Crippen LogP contribution is 2.38. The molecule has 3 atom stereocenters. The molecule has 0 fully saturated rings. The number of methoxy groups -OCH3 is 1. The van der Waals surface area contributed by atoms with Crippen molar-refractivity contribution in [3.63, 3.8) is 0 Å². The van der Waals surface area contributed by atoms with E-state index in [0.29, 0.717) is 6.54 Å². The molecular weight excluding hydrogens is 330 g/mol. The summed E-state index contributed by atoms with van der Waals surface area (Å²) in [7, 11) is -0.515. The van der Waals surface area contributed by atoms with E-state index in [1.807, 2.05) is 32.0 Å². The fraction of sp³-hybridized carbons (Fsp3) is 0.650. The van der Waals surface area contributed by atoms with Gasteiger partial charge in [-0.3, -0.25) is 4.79 Å². The molecule has 0 saturated heterocycles. The molecule has 0 aliphatic rings. The topological polar surface area (TPSA) is 47.6 Å². The Morgan fingerprint density at radius 1 is 1.16 bits per heavy atom. The van der Waals surface area contributed by atoms with Crippen LogP contribution in [-0.2, 0) is 20.5 Å². The second-order valence-corrected chi connectivity index (χ2v) is 13.0. The fourth-order valence-electron chi connectivity index (χ4n) is 2.65. The van der Waals surface area contributed by atoms with Crippen LogP contribution in [0.15, 0.2) is 30.3 Å². The maximum Gasteiger partial charge on any atom is 0.312 e. The molecule has 0 spiro atoms. The molecule has 0 bridgehead atoms. The number of hydrogen-bond donors (Lipinski definition) is 1. The second-order valence-electron chi connectivity index (χ2n) is 8.29. The number of hydrogen-bond acceptors (Lipinski definition) is 4. The standard InChI is InChI=1S/C20H35NO3Si/c1-15(21-14-17-12-10-9-11-13-17)18(19(22)23-6)16(2)24-25(7,8)20(3,4)5/h9-13,15-16,18,21H,14H2,1-8H3/t15-,16-,18+/m1/s1. The third-order valence-corrected chi connectivity index (χ3v) is 9.85. The van der Waals surface area contributed by atoms with Gasteiger partial charge in [-0.15, -0.1) is 0 Å². The molecule has 0 radical (unpaired) electrons. The first-order valence-electron chi connectivity index (χ1n) is 9.02. The van der Waals surface area contributed by atoms with Crippen molar-refractivity contribution in [2.24, 2.45) is 5.92 Å². The molecule has 4 nitrogen and oxygen atoms in total. The summed E-state index contributed by atoms with van der Waals surface area (Å²) < 4.78 is 11.5. The van der Waals surface area contributed by atoms with Gasteiger partial charge in [-0.2, -0.15) is 0 Å². The van der Waals surface area contributed by atoms with Crippen LogP contribution in [-0.4, -0.2) is 33.5 Å². The van der Waals surface area contributed by atoms with Gasteiger partial charge in [0.05, 0.1) is 19.1 Å². The quantitative estimate of drug-likeness (QED) is 0.549. The van der Waals surface area contributed by atoms with E-state index >= 15 is 0 Å². The first kappa shape index (κ1) is 21.9. The van der Waals surface area contributed by atoms with Gasteiger partial charge in [0.15, 0.2) is 8.32 Å². The SMILES string of the molecule is COC(=O)[C@@H]([C@@H](C)NCc1ccccc1)[C@@H](C)O[Si](C)(C)C(C)(C)C. The molecule has 0 aromatic heterocycles. The molecule has 1 aromatic carbocycles. The van der Waals surface area contributed by atoms with E-state index < -0.39 is 8.32 Å². The zero-order valence-electron chi connectivity index (χ0n) is 17.1. The minimum Gasteiger partial charge on any atom is -0.469 e. The van der Waals surface area contributed by atoms with E-state index in [1.54, 1.807) is 0 Å². The number of ether oxygens (including phenoxy) is 1. The number of esters is 1. The van der Waals surface area contributed by atoms with Crippen LogP contribution in [0.5, 0.6) is 0 Å². The summed E-state index contributed by atoms with van der Waals surface area (Å²) in [4.78, 5) is 12.4. The molecule has 0 aliphatic carbocycles. The average Bonchev–Trinajstić information content (AvgIpc) is 2.52. The van der Waals surface area contributed by atoms with Crippen LogP contribution in [0.3, 0.4) is 0 Å². The van der Waals surface area contributed by atoms with E-state index in [9.17, 15) is 4.79 Å². The molecule has 1 rings (SSSR count). The molecule has 1 N–H and O–H groups in total. The lowest BCUT2D eigenvalue weighted by Gasteiger charge is -2.41. The Morgan fingerprint density at radius 2 is 1.72 bits per heavy atom. The van der Waals surface area contributed by atoms with Crippen molar-refractivity contribution in [1.29, 1.82) is 0 Å². The normalized spacial score (nSPS) is 16.2. The van der Waals surface area contributed by atoms with Gasteiger partial charge in [0, 0.05) is 12.6 Å². The molecule has 5 heteroatoms. The lowest BCUT2D eigenvalue weighted by molar-refractivity contribution is -0.149. The summed E-state index contributed by atoms with van der Waals surface area (Å²) in [5, 5.41) is 3.55. The highest BCUT2D eigenvalue weighted by molar-refractivity contribution is 6.74. The summed E-state index contributed by atoms with van der Waals surface area (Å²) in [5.41, 5.74) is 1.19. The minimum atomic E-state index is -1.96. The first-order chi connectivity index (χ1) is 11.5. The smallest absolute Gasteiger partial charge is 0.312 e. The zero-order chi connectivity index (χ0) is 19.3. The van der Waals surface area contributed by atoms with Crippen molar-refractivity contribution < 1.29 is 14.0 Å². The highest BCUT2D eigenvalue weighted by atomic mass is 28.4. The van der Waals surface area contributed by atoms with Gasteiger partial charge in [0.25, 0.3) is 0 Å². The number of benzene rings is 1. The number of carbonyl (C=O) groups excluding carboxylic acids is 1. The van der Waals surface area contributed by atoms with Crippen molar-refractivity contribution in [3.8, 4) is 0 Å². The van der Waals surface area contributed by atoms with Gasteiger partial charge in [-0.25, -0.2) is 0 Å². The summed E-state index contributed by atoms with van der Waals surface area (Å²) in [6.07, 6.45) is -0.202. The van der Waals surface area contributed by atoms with Crippen LogP contribution in [0.4, 0.5) is 0 Å². The Kier molecular flexibility index (Phi) is 7.84. The predicted molar refractivity (Wildman–Crippen MR) is 106 cm³/mol. The van der Waals surface area contributed by atoms with Crippen molar-refractivity contribution in [1.82, 2.24) is 5.32 Å². The molecule has 0 saturated carbocycles. The van der Waals surface area contributed by atoms with E-state index in [0.717, 1.165) is 0 Å². The van der Waals surface area contributed by atoms with Crippen molar-refractivity contribution in [3.05, 3.63) is 35.9 Å². The third-order valence-electron chi connectivity index (χ3n) is 5.28. The molecule has 0 amide bonds. The van der Waals surface area contributed by atoms with Gasteiger partial charge in [-0.1, -0.05) is 51.1 Å². The summed E-state index contributed by atoms with van der Waals surface area (Å²) in [6, 6.07) is 10.1. The molecule has 25 heavy (non-hydrogen) atoms. The van der Waals surface area contributed by atoms with Gasteiger partial charge < -0.3 is 14.5 Å². The Morgan fingerprint density at radius 3 is 2.20 bits per heavy atom. The lowest BCUT2D eigenvalue weighted by atomic mass is 9.95. The van der Waals surface area contributed by atoms with Crippen LogP contribution < -0.4 is 5.32 Å². The van der Waals surface area contributed by atoms with Crippen molar-refractivity contribution >= 4 is 14.3 Å². The maximum atomic E-state index is 12.4. The number of nitrogens with one attached hydrogen (secondary N) is 1. The van der Waals surface area contributed by atoms with Gasteiger partial charge in [-0.05, 0) is 37.5 Å². The van der Waals surface area contributed by atoms with Gasteiger partial charge in [0.2, 0.25) is 0 Å².